The number of amides is 1. The lowest BCUT2D eigenvalue weighted by Gasteiger charge is -2.09. The van der Waals surface area contributed by atoms with Gasteiger partial charge in [0, 0.05) is 12.2 Å². The Labute approximate surface area is 138 Å². The van der Waals surface area contributed by atoms with E-state index in [1.54, 1.807) is 6.08 Å². The molecule has 1 amide bonds. The molecule has 0 radical (unpaired) electrons. The fourth-order valence-corrected chi connectivity index (χ4v) is 3.26. The second-order valence-electron chi connectivity index (χ2n) is 4.63. The Kier molecular flexibility index (Phi) is 5.97. The van der Waals surface area contributed by atoms with Crippen LogP contribution in [0.15, 0.2) is 35.2 Å². The molecule has 0 bridgehead atoms. The van der Waals surface area contributed by atoms with E-state index in [-0.39, 0.29) is 5.91 Å². The van der Waals surface area contributed by atoms with Crippen molar-refractivity contribution in [2.75, 3.05) is 22.9 Å². The topological polar surface area (TPSA) is 66.9 Å². The summed E-state index contributed by atoms with van der Waals surface area (Å²) in [4.78, 5) is 12.0. The zero-order valence-electron chi connectivity index (χ0n) is 12.5. The molecule has 116 valence electrons. The number of carbonyl (C=O) groups excluding carboxylic acids is 1. The fourth-order valence-electron chi connectivity index (χ4n) is 1.70. The predicted octanol–water partition coefficient (Wildman–Crippen LogP) is 3.48. The minimum absolute atomic E-state index is 0.0468. The minimum Gasteiger partial charge on any atom is -0.357 e. The summed E-state index contributed by atoms with van der Waals surface area (Å²) in [5.74, 6) is 0.262. The van der Waals surface area contributed by atoms with Crippen LogP contribution in [0.1, 0.15) is 11.1 Å². The first-order chi connectivity index (χ1) is 10.6. The van der Waals surface area contributed by atoms with Gasteiger partial charge in [-0.3, -0.25) is 4.79 Å². The van der Waals surface area contributed by atoms with E-state index < -0.39 is 0 Å². The molecule has 0 atom stereocenters. The number of anilines is 2. The highest BCUT2D eigenvalue weighted by molar-refractivity contribution is 8.01. The van der Waals surface area contributed by atoms with Crippen LogP contribution in [0.2, 0.25) is 0 Å². The van der Waals surface area contributed by atoms with Crippen molar-refractivity contribution >= 4 is 39.8 Å². The average molecular weight is 334 g/mol. The van der Waals surface area contributed by atoms with Gasteiger partial charge in [0.2, 0.25) is 11.0 Å². The maximum Gasteiger partial charge on any atom is 0.234 e. The van der Waals surface area contributed by atoms with Crippen LogP contribution in [0.5, 0.6) is 0 Å². The number of aryl methyl sites for hydroxylation is 1. The summed E-state index contributed by atoms with van der Waals surface area (Å²) >= 11 is 2.81. The number of hydrogen-bond acceptors (Lipinski definition) is 6. The van der Waals surface area contributed by atoms with Crippen LogP contribution in [0.25, 0.3) is 0 Å². The fraction of sp³-hybridized carbons (Fsp3) is 0.267. The first kappa shape index (κ1) is 16.5. The molecule has 22 heavy (non-hydrogen) atoms. The van der Waals surface area contributed by atoms with Gasteiger partial charge in [-0.2, -0.15) is 0 Å². The normalized spacial score (nSPS) is 10.3. The molecule has 5 nitrogen and oxygen atoms in total. The van der Waals surface area contributed by atoms with Gasteiger partial charge in [-0.05, 0) is 31.0 Å². The first-order valence-electron chi connectivity index (χ1n) is 6.77. The summed E-state index contributed by atoms with van der Waals surface area (Å²) < 4.78 is 0.766. The number of carbonyl (C=O) groups is 1. The van der Waals surface area contributed by atoms with Gasteiger partial charge in [-0.15, -0.1) is 16.8 Å². The number of benzene rings is 1. The standard InChI is InChI=1S/C15H18N4OS2/c1-4-8-16-14-18-19-15(22-14)21-9-13(20)17-12-7-5-6-10(2)11(12)3/h4-7H,1,8-9H2,2-3H3,(H,16,18)(H,17,20). The van der Waals surface area contributed by atoms with Gasteiger partial charge < -0.3 is 10.6 Å². The molecule has 0 aliphatic carbocycles. The van der Waals surface area contributed by atoms with Crippen molar-refractivity contribution in [3.8, 4) is 0 Å². The van der Waals surface area contributed by atoms with Crippen LogP contribution in [-0.2, 0) is 4.79 Å². The molecule has 0 aliphatic rings. The van der Waals surface area contributed by atoms with E-state index in [0.29, 0.717) is 12.3 Å². The SMILES string of the molecule is C=CCNc1nnc(SCC(=O)Nc2cccc(C)c2C)s1. The molecule has 1 heterocycles. The molecule has 0 saturated heterocycles. The molecule has 0 fully saturated rings. The van der Waals surface area contributed by atoms with Gasteiger partial charge in [0.05, 0.1) is 5.75 Å². The van der Waals surface area contributed by atoms with Crippen molar-refractivity contribution in [1.82, 2.24) is 10.2 Å². The highest BCUT2D eigenvalue weighted by Gasteiger charge is 2.09. The third-order valence-electron chi connectivity index (χ3n) is 3.01. The van der Waals surface area contributed by atoms with Crippen molar-refractivity contribution < 1.29 is 4.79 Å². The van der Waals surface area contributed by atoms with E-state index in [1.807, 2.05) is 32.0 Å². The van der Waals surface area contributed by atoms with Crippen molar-refractivity contribution in [3.05, 3.63) is 42.0 Å². The monoisotopic (exact) mass is 334 g/mol. The van der Waals surface area contributed by atoms with E-state index >= 15 is 0 Å². The number of rotatable bonds is 7. The van der Waals surface area contributed by atoms with Crippen molar-refractivity contribution in [2.45, 2.75) is 18.2 Å². The smallest absolute Gasteiger partial charge is 0.234 e. The quantitative estimate of drug-likeness (QED) is 0.599. The summed E-state index contributed by atoms with van der Waals surface area (Å²) in [6.45, 7) is 8.30. The maximum absolute atomic E-state index is 12.0. The Bertz CT molecular complexity index is 669. The molecule has 0 saturated carbocycles. The zero-order chi connectivity index (χ0) is 15.9. The molecule has 1 aromatic heterocycles. The average Bonchev–Trinajstić information content (AvgIpc) is 2.96. The van der Waals surface area contributed by atoms with Crippen LogP contribution in [0, 0.1) is 13.8 Å². The molecule has 0 aliphatic heterocycles. The van der Waals surface area contributed by atoms with Gasteiger partial charge in [0.15, 0.2) is 4.34 Å². The first-order valence-corrected chi connectivity index (χ1v) is 8.57. The molecule has 1 aromatic carbocycles. The lowest BCUT2D eigenvalue weighted by Crippen LogP contribution is -2.15. The third kappa shape index (κ3) is 4.57. The van der Waals surface area contributed by atoms with Crippen LogP contribution in [0.3, 0.4) is 0 Å². The van der Waals surface area contributed by atoms with E-state index in [9.17, 15) is 4.79 Å². The molecular weight excluding hydrogens is 316 g/mol. The lowest BCUT2D eigenvalue weighted by atomic mass is 10.1. The summed E-state index contributed by atoms with van der Waals surface area (Å²) in [6.07, 6.45) is 1.76. The Balaban J connectivity index is 1.86. The Morgan fingerprint density at radius 1 is 1.41 bits per heavy atom. The van der Waals surface area contributed by atoms with Crippen LogP contribution in [0.4, 0.5) is 10.8 Å². The van der Waals surface area contributed by atoms with Crippen molar-refractivity contribution in [2.24, 2.45) is 0 Å². The summed E-state index contributed by atoms with van der Waals surface area (Å²) in [5.41, 5.74) is 3.11. The Hall–Kier alpha value is -1.86. The molecule has 2 rings (SSSR count). The predicted molar refractivity (Wildman–Crippen MR) is 93.9 cm³/mol. The van der Waals surface area contributed by atoms with Crippen molar-refractivity contribution in [3.63, 3.8) is 0 Å². The summed E-state index contributed by atoms with van der Waals surface area (Å²) in [6, 6.07) is 5.87. The van der Waals surface area contributed by atoms with Gasteiger partial charge in [0.25, 0.3) is 0 Å². The van der Waals surface area contributed by atoms with Gasteiger partial charge in [-0.25, -0.2) is 0 Å². The summed E-state index contributed by atoms with van der Waals surface area (Å²) in [7, 11) is 0. The zero-order valence-corrected chi connectivity index (χ0v) is 14.2. The second-order valence-corrected chi connectivity index (χ2v) is 6.83. The maximum atomic E-state index is 12.0. The lowest BCUT2D eigenvalue weighted by molar-refractivity contribution is -0.113. The third-order valence-corrected chi connectivity index (χ3v) is 5.02. The van der Waals surface area contributed by atoms with Crippen LogP contribution < -0.4 is 10.6 Å². The van der Waals surface area contributed by atoms with Gasteiger partial charge in [-0.1, -0.05) is 41.3 Å². The van der Waals surface area contributed by atoms with Crippen molar-refractivity contribution in [1.29, 1.82) is 0 Å². The molecule has 2 aromatic rings. The highest BCUT2D eigenvalue weighted by atomic mass is 32.2. The number of nitrogens with zero attached hydrogens (tertiary/aromatic N) is 2. The highest BCUT2D eigenvalue weighted by Crippen LogP contribution is 2.25. The molecule has 2 N–H and O–H groups in total. The Morgan fingerprint density at radius 2 is 2.23 bits per heavy atom. The molecule has 7 heteroatoms. The molecule has 0 unspecified atom stereocenters. The number of aromatic nitrogens is 2. The van der Waals surface area contributed by atoms with Gasteiger partial charge in [0.1, 0.15) is 0 Å². The van der Waals surface area contributed by atoms with Crippen LogP contribution in [-0.4, -0.2) is 28.4 Å². The number of thioether (sulfide) groups is 1. The second kappa shape index (κ2) is 7.95. The van der Waals surface area contributed by atoms with E-state index in [0.717, 1.165) is 26.3 Å². The Morgan fingerprint density at radius 3 is 3.00 bits per heavy atom. The minimum atomic E-state index is -0.0468. The van der Waals surface area contributed by atoms with E-state index in [1.165, 1.54) is 23.1 Å². The number of nitrogens with one attached hydrogen (secondary N) is 2. The summed E-state index contributed by atoms with van der Waals surface area (Å²) in [5, 5.41) is 14.8. The number of hydrogen-bond donors (Lipinski definition) is 2. The molecular formula is C15H18N4OS2. The molecule has 0 spiro atoms. The van der Waals surface area contributed by atoms with E-state index in [2.05, 4.69) is 27.4 Å². The van der Waals surface area contributed by atoms with Gasteiger partial charge >= 0.3 is 0 Å². The van der Waals surface area contributed by atoms with E-state index in [4.69, 9.17) is 0 Å². The largest absolute Gasteiger partial charge is 0.357 e. The van der Waals surface area contributed by atoms with Crippen LogP contribution >= 0.6 is 23.1 Å².